The quantitative estimate of drug-likeness (QED) is 0.0876. The summed E-state index contributed by atoms with van der Waals surface area (Å²) in [7, 11) is 5.63. The number of aromatic carboxylic acids is 2. The highest BCUT2D eigenvalue weighted by Gasteiger charge is 2.31. The number of hydrogen-bond acceptors (Lipinski definition) is 15. The first kappa shape index (κ1) is 40.6. The van der Waals surface area contributed by atoms with Crippen LogP contribution in [0.3, 0.4) is 0 Å². The van der Waals surface area contributed by atoms with Gasteiger partial charge in [0.2, 0.25) is 23.5 Å². The zero-order valence-electron chi connectivity index (χ0n) is 28.5. The molecule has 0 fully saturated rings. The van der Waals surface area contributed by atoms with E-state index in [0.29, 0.717) is 6.07 Å². The first-order chi connectivity index (χ1) is 26.1. The van der Waals surface area contributed by atoms with E-state index in [1.54, 1.807) is 0 Å². The molecule has 0 amide bonds. The molecule has 0 atom stereocenters. The molecule has 5 aromatic rings. The molecule has 22 heteroatoms. The van der Waals surface area contributed by atoms with Crippen LogP contribution >= 0.6 is 11.6 Å². The van der Waals surface area contributed by atoms with Crippen LogP contribution in [0.25, 0.3) is 0 Å². The number of methoxy groups -OCH3 is 4. The molecule has 0 aliphatic heterocycles. The second kappa shape index (κ2) is 17.6. The van der Waals surface area contributed by atoms with Crippen LogP contribution in [0.1, 0.15) is 26.3 Å². The van der Waals surface area contributed by atoms with Crippen molar-refractivity contribution in [2.75, 3.05) is 28.4 Å². The Labute approximate surface area is 311 Å². The van der Waals surface area contributed by atoms with Gasteiger partial charge in [0, 0.05) is 12.1 Å². The lowest BCUT2D eigenvalue weighted by molar-refractivity contribution is -0.385. The molecule has 2 heterocycles. The third-order valence-corrected chi connectivity index (χ3v) is 6.94. The number of ether oxygens (including phenoxy) is 7. The molecule has 0 aliphatic rings. The normalized spacial score (nSPS) is 10.6. The van der Waals surface area contributed by atoms with Gasteiger partial charge in [-0.25, -0.2) is 9.59 Å². The fraction of sp³-hybridized carbons (Fsp3) is 0.152. The van der Waals surface area contributed by atoms with Gasteiger partial charge < -0.3 is 43.4 Å². The van der Waals surface area contributed by atoms with Crippen LogP contribution in [0.15, 0.2) is 66.7 Å². The monoisotopic (exact) mass is 791 g/mol. The number of nitro groups is 1. The van der Waals surface area contributed by atoms with Crippen molar-refractivity contribution in [1.29, 1.82) is 0 Å². The van der Waals surface area contributed by atoms with E-state index >= 15 is 0 Å². The Hall–Kier alpha value is -7.16. The summed E-state index contributed by atoms with van der Waals surface area (Å²) in [6, 6.07) is 12.1. The second-order valence-electron chi connectivity index (χ2n) is 10.1. The first-order valence-corrected chi connectivity index (χ1v) is 15.2. The van der Waals surface area contributed by atoms with E-state index < -0.39 is 39.9 Å². The lowest BCUT2D eigenvalue weighted by Gasteiger charge is -2.13. The molecule has 0 radical (unpaired) electrons. The van der Waals surface area contributed by atoms with E-state index in [2.05, 4.69) is 19.9 Å². The molecule has 288 valence electrons. The van der Waals surface area contributed by atoms with Crippen molar-refractivity contribution < 1.29 is 71.1 Å². The molecule has 55 heavy (non-hydrogen) atoms. The molecule has 0 bridgehead atoms. The van der Waals surface area contributed by atoms with Gasteiger partial charge in [-0.05, 0) is 36.4 Å². The van der Waals surface area contributed by atoms with E-state index in [1.165, 1.54) is 58.8 Å². The van der Waals surface area contributed by atoms with E-state index in [0.717, 1.165) is 30.3 Å². The molecule has 5 rings (SSSR count). The number of hydrogen-bond donors (Lipinski definition) is 2. The van der Waals surface area contributed by atoms with Gasteiger partial charge in [-0.15, -0.1) is 0 Å². The fourth-order valence-electron chi connectivity index (χ4n) is 4.16. The molecule has 0 aliphatic carbocycles. The van der Waals surface area contributed by atoms with Crippen LogP contribution in [-0.4, -0.2) is 75.5 Å². The standard InChI is InChI=1S/C19H18N4O8.C14H7ClF3NO5/c1-26-12-8-13(27-2)21-18(20-12)30-10-6-5-7-11(16(10)17(24)25)31-19-22-14(28-3)9-15(23-19)29-4;15-10-5-7(14(16,17)18)1-4-12(10)24-8-2-3-11(19(22)23)9(6-8)13(20)21/h5-9H,1-4H3,(H,24,25);1-6H,(H,20,21). The summed E-state index contributed by atoms with van der Waals surface area (Å²) in [5.41, 5.74) is -2.55. The number of aromatic nitrogens is 4. The number of carboxylic acids is 2. The second-order valence-corrected chi connectivity index (χ2v) is 10.5. The molecular formula is C33H25ClF3N5O13. The lowest BCUT2D eigenvalue weighted by Crippen LogP contribution is -2.06. The molecule has 2 aromatic heterocycles. The number of benzene rings is 3. The van der Waals surface area contributed by atoms with E-state index in [9.17, 15) is 38.0 Å². The molecular weight excluding hydrogens is 767 g/mol. The molecule has 18 nitrogen and oxygen atoms in total. The van der Waals surface area contributed by atoms with E-state index in [1.807, 2.05) is 0 Å². The van der Waals surface area contributed by atoms with E-state index in [-0.39, 0.29) is 69.1 Å². The maximum absolute atomic E-state index is 12.6. The Bertz CT molecular complexity index is 2110. The van der Waals surface area contributed by atoms with Crippen LogP contribution < -0.4 is 33.2 Å². The van der Waals surface area contributed by atoms with Crippen LogP contribution in [0.2, 0.25) is 5.02 Å². The Morgan fingerprint density at radius 3 is 1.56 bits per heavy atom. The average Bonchev–Trinajstić information content (AvgIpc) is 3.14. The third kappa shape index (κ3) is 10.5. The first-order valence-electron chi connectivity index (χ1n) is 14.8. The van der Waals surface area contributed by atoms with Crippen molar-refractivity contribution in [3.05, 3.63) is 98.6 Å². The number of halogens is 4. The topological polar surface area (TPSA) is 234 Å². The summed E-state index contributed by atoms with van der Waals surface area (Å²) in [5.74, 6) is -2.65. The molecule has 0 saturated carbocycles. The van der Waals surface area contributed by atoms with E-state index in [4.69, 9.17) is 49.9 Å². The molecule has 0 saturated heterocycles. The molecule has 0 spiro atoms. The largest absolute Gasteiger partial charge is 0.481 e. The highest BCUT2D eigenvalue weighted by Crippen LogP contribution is 2.38. The molecule has 3 aromatic carbocycles. The van der Waals surface area contributed by atoms with Crippen LogP contribution in [0.5, 0.6) is 58.5 Å². The van der Waals surface area contributed by atoms with Crippen molar-refractivity contribution >= 4 is 29.2 Å². The summed E-state index contributed by atoms with van der Waals surface area (Å²) in [6.45, 7) is 0. The zero-order chi connectivity index (χ0) is 40.4. The SMILES string of the molecule is COc1cc(OC)nc(Oc2cccc(Oc3nc(OC)cc(OC)n3)c2C(=O)O)n1.O=C(O)c1cc(Oc2ccc(C(F)(F)F)cc2Cl)ccc1[N+](=O)[O-]. The Kier molecular flexibility index (Phi) is 13.0. The Morgan fingerprint density at radius 2 is 1.18 bits per heavy atom. The van der Waals surface area contributed by atoms with Gasteiger partial charge in [-0.3, -0.25) is 10.1 Å². The van der Waals surface area contributed by atoms with Gasteiger partial charge in [-0.2, -0.15) is 33.1 Å². The van der Waals surface area contributed by atoms with Crippen LogP contribution in [0.4, 0.5) is 18.9 Å². The van der Waals surface area contributed by atoms with Crippen LogP contribution in [-0.2, 0) is 6.18 Å². The Morgan fingerprint density at radius 1 is 0.691 bits per heavy atom. The minimum Gasteiger partial charge on any atom is -0.481 e. The molecule has 2 N–H and O–H groups in total. The summed E-state index contributed by atoms with van der Waals surface area (Å²) in [4.78, 5) is 49.0. The summed E-state index contributed by atoms with van der Waals surface area (Å²) in [5, 5.41) is 29.1. The number of nitro benzene ring substituents is 1. The minimum atomic E-state index is -4.58. The maximum Gasteiger partial charge on any atom is 0.416 e. The number of carboxylic acid groups (broad SMARTS) is 2. The number of nitrogens with zero attached hydrogens (tertiary/aromatic N) is 5. The highest BCUT2D eigenvalue weighted by molar-refractivity contribution is 6.32. The van der Waals surface area contributed by atoms with Gasteiger partial charge in [0.25, 0.3) is 5.69 Å². The highest BCUT2D eigenvalue weighted by atomic mass is 35.5. The average molecular weight is 792 g/mol. The summed E-state index contributed by atoms with van der Waals surface area (Å²) in [6.07, 6.45) is -4.58. The number of alkyl halides is 3. The van der Waals surface area contributed by atoms with Gasteiger partial charge in [-0.1, -0.05) is 17.7 Å². The maximum atomic E-state index is 12.6. The van der Waals surface area contributed by atoms with Gasteiger partial charge in [0.1, 0.15) is 34.1 Å². The molecule has 0 unspecified atom stereocenters. The predicted octanol–water partition coefficient (Wildman–Crippen LogP) is 7.34. The lowest BCUT2D eigenvalue weighted by atomic mass is 10.1. The van der Waals surface area contributed by atoms with Crippen LogP contribution in [0, 0.1) is 10.1 Å². The van der Waals surface area contributed by atoms with Gasteiger partial charge >= 0.3 is 30.1 Å². The minimum absolute atomic E-state index is 0.0878. The van der Waals surface area contributed by atoms with Crippen molar-refractivity contribution in [3.63, 3.8) is 0 Å². The third-order valence-electron chi connectivity index (χ3n) is 6.64. The van der Waals surface area contributed by atoms with Crippen molar-refractivity contribution in [2.24, 2.45) is 0 Å². The smallest absolute Gasteiger partial charge is 0.416 e. The van der Waals surface area contributed by atoms with Gasteiger partial charge in [0.05, 0.1) is 56.1 Å². The Balaban J connectivity index is 0.000000253. The van der Waals surface area contributed by atoms with Crippen molar-refractivity contribution in [3.8, 4) is 58.5 Å². The zero-order valence-corrected chi connectivity index (χ0v) is 29.2. The van der Waals surface area contributed by atoms with Gasteiger partial charge in [0.15, 0.2) is 0 Å². The predicted molar refractivity (Wildman–Crippen MR) is 180 cm³/mol. The summed E-state index contributed by atoms with van der Waals surface area (Å²) < 4.78 is 74.3. The summed E-state index contributed by atoms with van der Waals surface area (Å²) >= 11 is 5.72. The van der Waals surface area contributed by atoms with Crippen molar-refractivity contribution in [2.45, 2.75) is 6.18 Å². The van der Waals surface area contributed by atoms with Crippen molar-refractivity contribution in [1.82, 2.24) is 19.9 Å². The number of carbonyl (C=O) groups is 2. The number of rotatable bonds is 13. The fourth-order valence-corrected chi connectivity index (χ4v) is 4.38.